The van der Waals surface area contributed by atoms with Crippen LogP contribution in [0.2, 0.25) is 0 Å². The summed E-state index contributed by atoms with van der Waals surface area (Å²) in [6.07, 6.45) is 2.70. The van der Waals surface area contributed by atoms with Gasteiger partial charge in [0.25, 0.3) is 5.91 Å². The largest absolute Gasteiger partial charge is 0.496 e. The second-order valence-corrected chi connectivity index (χ2v) is 6.85. The number of benzene rings is 3. The maximum absolute atomic E-state index is 12.3. The summed E-state index contributed by atoms with van der Waals surface area (Å²) >= 11 is 0. The Bertz CT molecular complexity index is 1160. The molecule has 8 heteroatoms. The zero-order valence-electron chi connectivity index (χ0n) is 19.1. The Hall–Kier alpha value is -4.46. The van der Waals surface area contributed by atoms with E-state index in [0.29, 0.717) is 40.0 Å². The molecule has 3 rings (SSSR count). The summed E-state index contributed by atoms with van der Waals surface area (Å²) in [5.74, 6) is 1.35. The van der Waals surface area contributed by atoms with Gasteiger partial charge in [-0.1, -0.05) is 30.3 Å². The van der Waals surface area contributed by atoms with E-state index < -0.39 is 18.5 Å². The molecule has 0 saturated carbocycles. The molecule has 0 saturated heterocycles. The lowest BCUT2D eigenvalue weighted by molar-refractivity contribution is -0.142. The predicted octanol–water partition coefficient (Wildman–Crippen LogP) is 4.70. The van der Waals surface area contributed by atoms with E-state index >= 15 is 0 Å². The van der Waals surface area contributed by atoms with Crippen molar-refractivity contribution >= 4 is 23.6 Å². The molecule has 0 aliphatic heterocycles. The molecule has 0 spiro atoms. The normalized spacial score (nSPS) is 10.4. The molecule has 0 fully saturated rings. The van der Waals surface area contributed by atoms with Crippen molar-refractivity contribution in [2.45, 2.75) is 0 Å². The number of methoxy groups -OCH3 is 3. The van der Waals surface area contributed by atoms with Crippen molar-refractivity contribution < 1.29 is 33.3 Å². The average Bonchev–Trinajstić information content (AvgIpc) is 2.87. The van der Waals surface area contributed by atoms with Gasteiger partial charge in [0.2, 0.25) is 0 Å². The van der Waals surface area contributed by atoms with Crippen LogP contribution in [-0.4, -0.2) is 39.8 Å². The van der Waals surface area contributed by atoms with Gasteiger partial charge in [-0.3, -0.25) is 4.79 Å². The monoisotopic (exact) mass is 463 g/mol. The number of para-hydroxylation sites is 3. The van der Waals surface area contributed by atoms with Gasteiger partial charge in [0.15, 0.2) is 23.9 Å². The van der Waals surface area contributed by atoms with Crippen LogP contribution in [0.3, 0.4) is 0 Å². The molecule has 0 unspecified atom stereocenters. The average molecular weight is 463 g/mol. The number of hydrogen-bond donors (Lipinski definition) is 1. The smallest absolute Gasteiger partial charge is 0.331 e. The minimum atomic E-state index is -0.694. The third kappa shape index (κ3) is 6.52. The van der Waals surface area contributed by atoms with Gasteiger partial charge >= 0.3 is 5.97 Å². The highest BCUT2D eigenvalue weighted by Crippen LogP contribution is 2.35. The molecule has 0 heterocycles. The van der Waals surface area contributed by atoms with Gasteiger partial charge in [-0.2, -0.15) is 0 Å². The Morgan fingerprint density at radius 3 is 2.15 bits per heavy atom. The molecule has 3 aromatic rings. The number of anilines is 1. The van der Waals surface area contributed by atoms with E-state index in [4.69, 9.17) is 23.7 Å². The first-order valence-corrected chi connectivity index (χ1v) is 10.3. The highest BCUT2D eigenvalue weighted by Gasteiger charge is 2.12. The first-order valence-electron chi connectivity index (χ1n) is 10.3. The minimum Gasteiger partial charge on any atom is -0.496 e. The van der Waals surface area contributed by atoms with Gasteiger partial charge in [-0.05, 0) is 36.4 Å². The molecule has 0 aliphatic carbocycles. The number of ether oxygens (including phenoxy) is 5. The van der Waals surface area contributed by atoms with E-state index in [1.807, 2.05) is 18.2 Å². The molecule has 0 atom stereocenters. The zero-order chi connectivity index (χ0) is 24.3. The summed E-state index contributed by atoms with van der Waals surface area (Å²) in [6.45, 7) is -0.466. The van der Waals surface area contributed by atoms with Crippen LogP contribution in [0.15, 0.2) is 72.8 Å². The van der Waals surface area contributed by atoms with Crippen molar-refractivity contribution in [3.63, 3.8) is 0 Å². The van der Waals surface area contributed by atoms with E-state index in [1.165, 1.54) is 33.5 Å². The van der Waals surface area contributed by atoms with E-state index in [-0.39, 0.29) is 0 Å². The topological polar surface area (TPSA) is 92.3 Å². The number of amides is 1. The summed E-state index contributed by atoms with van der Waals surface area (Å²) in [5.41, 5.74) is 1.03. The lowest BCUT2D eigenvalue weighted by Gasteiger charge is -2.12. The second-order valence-electron chi connectivity index (χ2n) is 6.85. The van der Waals surface area contributed by atoms with Gasteiger partial charge in [0, 0.05) is 17.7 Å². The molecule has 176 valence electrons. The maximum Gasteiger partial charge on any atom is 0.331 e. The quantitative estimate of drug-likeness (QED) is 0.344. The zero-order valence-corrected chi connectivity index (χ0v) is 19.1. The van der Waals surface area contributed by atoms with E-state index in [1.54, 1.807) is 48.5 Å². The highest BCUT2D eigenvalue weighted by atomic mass is 16.5. The molecule has 0 bridgehead atoms. The summed E-state index contributed by atoms with van der Waals surface area (Å²) in [5, 5.41) is 2.69. The van der Waals surface area contributed by atoms with Crippen LogP contribution in [0.25, 0.3) is 6.08 Å². The maximum atomic E-state index is 12.3. The summed E-state index contributed by atoms with van der Waals surface area (Å²) in [4.78, 5) is 24.5. The molecular weight excluding hydrogens is 438 g/mol. The molecule has 0 aliphatic rings. The van der Waals surface area contributed by atoms with Crippen molar-refractivity contribution in [2.75, 3.05) is 33.3 Å². The second kappa shape index (κ2) is 12.0. The van der Waals surface area contributed by atoms with Gasteiger partial charge in [0.05, 0.1) is 27.0 Å². The van der Waals surface area contributed by atoms with Crippen LogP contribution in [-0.2, 0) is 14.3 Å². The molecule has 1 N–H and O–H groups in total. The number of rotatable bonds is 10. The van der Waals surface area contributed by atoms with Crippen LogP contribution < -0.4 is 24.3 Å². The van der Waals surface area contributed by atoms with Crippen molar-refractivity contribution in [3.05, 3.63) is 78.4 Å². The van der Waals surface area contributed by atoms with Crippen LogP contribution in [0, 0.1) is 0 Å². The number of esters is 1. The Labute approximate surface area is 197 Å². The number of hydrogen-bond acceptors (Lipinski definition) is 7. The van der Waals surface area contributed by atoms with Crippen LogP contribution in [0.1, 0.15) is 5.56 Å². The lowest BCUT2D eigenvalue weighted by atomic mass is 10.1. The molecule has 0 aromatic heterocycles. The highest BCUT2D eigenvalue weighted by molar-refractivity contribution is 5.95. The third-order valence-corrected chi connectivity index (χ3v) is 4.61. The summed E-state index contributed by atoms with van der Waals surface area (Å²) < 4.78 is 26.7. The minimum absolute atomic E-state index is 0.456. The molecular formula is C26H25NO7. The predicted molar refractivity (Wildman–Crippen MR) is 128 cm³/mol. The lowest BCUT2D eigenvalue weighted by Crippen LogP contribution is -2.20. The van der Waals surface area contributed by atoms with Crippen molar-refractivity contribution in [3.8, 4) is 28.7 Å². The summed E-state index contributed by atoms with van der Waals surface area (Å²) in [7, 11) is 4.52. The molecule has 0 radical (unpaired) electrons. The fourth-order valence-corrected chi connectivity index (χ4v) is 2.99. The number of nitrogens with one attached hydrogen (secondary N) is 1. The van der Waals surface area contributed by atoms with E-state index in [2.05, 4.69) is 5.32 Å². The van der Waals surface area contributed by atoms with E-state index in [0.717, 1.165) is 0 Å². The third-order valence-electron chi connectivity index (χ3n) is 4.61. The van der Waals surface area contributed by atoms with E-state index in [9.17, 15) is 9.59 Å². The molecule has 3 aromatic carbocycles. The van der Waals surface area contributed by atoms with Crippen LogP contribution >= 0.6 is 0 Å². The SMILES string of the molecule is COc1cc(OC)c(OC)cc1/C=C/C(=O)OCC(=O)Nc1ccccc1Oc1ccccc1. The Morgan fingerprint density at radius 2 is 1.44 bits per heavy atom. The van der Waals surface area contributed by atoms with Crippen molar-refractivity contribution in [1.82, 2.24) is 0 Å². The first kappa shape index (κ1) is 24.2. The van der Waals surface area contributed by atoms with Gasteiger partial charge in [0.1, 0.15) is 11.5 Å². The molecule has 8 nitrogen and oxygen atoms in total. The van der Waals surface area contributed by atoms with Gasteiger partial charge < -0.3 is 29.0 Å². The summed E-state index contributed by atoms with van der Waals surface area (Å²) in [6, 6.07) is 19.5. The Kier molecular flexibility index (Phi) is 8.51. The van der Waals surface area contributed by atoms with Gasteiger partial charge in [-0.15, -0.1) is 0 Å². The van der Waals surface area contributed by atoms with Crippen molar-refractivity contribution in [2.24, 2.45) is 0 Å². The number of carbonyl (C=O) groups is 2. The molecule has 34 heavy (non-hydrogen) atoms. The fourth-order valence-electron chi connectivity index (χ4n) is 2.99. The van der Waals surface area contributed by atoms with Gasteiger partial charge in [-0.25, -0.2) is 4.79 Å². The van der Waals surface area contributed by atoms with Crippen LogP contribution in [0.5, 0.6) is 28.7 Å². The van der Waals surface area contributed by atoms with Crippen molar-refractivity contribution in [1.29, 1.82) is 0 Å². The fraction of sp³-hybridized carbons (Fsp3) is 0.154. The standard InChI is InChI=1S/C26H25NO7/c1-30-22-16-24(32-3)23(31-2)15-18(22)13-14-26(29)33-17-25(28)27-20-11-7-8-12-21(20)34-19-9-5-4-6-10-19/h4-16H,17H2,1-3H3,(H,27,28)/b14-13+. The first-order chi connectivity index (χ1) is 16.5. The Balaban J connectivity index is 1.59. The molecule has 1 amide bonds. The van der Waals surface area contributed by atoms with Crippen LogP contribution in [0.4, 0.5) is 5.69 Å². The number of carbonyl (C=O) groups excluding carboxylic acids is 2. The Morgan fingerprint density at radius 1 is 0.794 bits per heavy atom.